The lowest BCUT2D eigenvalue weighted by Gasteiger charge is -2.24. The van der Waals surface area contributed by atoms with Crippen molar-refractivity contribution in [2.45, 2.75) is 19.3 Å². The molecule has 280 valence electrons. The average Bonchev–Trinajstić information content (AvgIpc) is 3.75. The highest BCUT2D eigenvalue weighted by Gasteiger charge is 2.38. The molecule has 1 aliphatic carbocycles. The van der Waals surface area contributed by atoms with E-state index in [1.54, 1.807) is 0 Å². The van der Waals surface area contributed by atoms with Crippen molar-refractivity contribution in [2.24, 2.45) is 0 Å². The van der Waals surface area contributed by atoms with Gasteiger partial charge in [-0.25, -0.2) is 0 Å². The third-order valence-corrected chi connectivity index (χ3v) is 13.7. The summed E-state index contributed by atoms with van der Waals surface area (Å²) in [5.74, 6) is 0. The largest absolute Gasteiger partial charge is 0.309 e. The van der Waals surface area contributed by atoms with Crippen LogP contribution in [0.2, 0.25) is 0 Å². The number of aromatic nitrogens is 1. The molecule has 0 unspecified atom stereocenters. The van der Waals surface area contributed by atoms with Gasteiger partial charge in [0, 0.05) is 21.9 Å². The molecule has 0 saturated heterocycles. The van der Waals surface area contributed by atoms with Crippen molar-refractivity contribution < 1.29 is 0 Å². The topological polar surface area (TPSA) is 4.93 Å². The monoisotopic (exact) mass is 761 g/mol. The molecule has 1 aromatic heterocycles. The number of benzene rings is 11. The lowest BCUT2D eigenvalue weighted by molar-refractivity contribution is 0.667. The van der Waals surface area contributed by atoms with Crippen LogP contribution in [0.3, 0.4) is 0 Å². The summed E-state index contributed by atoms with van der Waals surface area (Å²) in [6.07, 6.45) is 0. The predicted molar refractivity (Wildman–Crippen MR) is 257 cm³/mol. The molecule has 60 heavy (non-hydrogen) atoms. The van der Waals surface area contributed by atoms with Crippen LogP contribution in [-0.4, -0.2) is 4.57 Å². The van der Waals surface area contributed by atoms with Crippen molar-refractivity contribution in [3.63, 3.8) is 0 Å². The minimum absolute atomic E-state index is 0.159. The summed E-state index contributed by atoms with van der Waals surface area (Å²) in [6, 6.07) is 74.8. The van der Waals surface area contributed by atoms with E-state index in [4.69, 9.17) is 0 Å². The molecule has 0 amide bonds. The van der Waals surface area contributed by atoms with Crippen LogP contribution < -0.4 is 0 Å². The van der Waals surface area contributed by atoms with E-state index in [9.17, 15) is 0 Å². The van der Waals surface area contributed by atoms with Crippen LogP contribution in [0.25, 0.3) is 115 Å². The first-order valence-corrected chi connectivity index (χ1v) is 21.1. The van der Waals surface area contributed by atoms with Gasteiger partial charge < -0.3 is 4.57 Å². The molecular formula is C59H39N. The molecule has 0 aliphatic heterocycles. The van der Waals surface area contributed by atoms with E-state index in [2.05, 4.69) is 219 Å². The summed E-state index contributed by atoms with van der Waals surface area (Å²) in [7, 11) is 0. The SMILES string of the molecule is CC1(C)c2cc3cc(-c4c5ccccc5c(-c5ccc6c(c5)c5ccccc5n6-c5ccccc5)c5ccccc45)ccc3cc2-c2c1c1ccccc1c1ccccc21. The van der Waals surface area contributed by atoms with Gasteiger partial charge in [-0.15, -0.1) is 0 Å². The molecule has 0 saturated carbocycles. The molecular weight excluding hydrogens is 723 g/mol. The second kappa shape index (κ2) is 12.3. The summed E-state index contributed by atoms with van der Waals surface area (Å²) < 4.78 is 2.40. The van der Waals surface area contributed by atoms with Crippen LogP contribution in [0.1, 0.15) is 25.0 Å². The Morgan fingerprint density at radius 1 is 0.333 bits per heavy atom. The summed E-state index contributed by atoms with van der Waals surface area (Å²) in [6.45, 7) is 4.84. The fraction of sp³-hybridized carbons (Fsp3) is 0.0508. The Hall–Kier alpha value is -7.48. The Bertz CT molecular complexity index is 3730. The van der Waals surface area contributed by atoms with Gasteiger partial charge in [-0.3, -0.25) is 0 Å². The highest BCUT2D eigenvalue weighted by atomic mass is 15.0. The van der Waals surface area contributed by atoms with Crippen molar-refractivity contribution in [3.05, 3.63) is 211 Å². The van der Waals surface area contributed by atoms with Crippen LogP contribution in [0, 0.1) is 0 Å². The van der Waals surface area contributed by atoms with Gasteiger partial charge in [-0.1, -0.05) is 166 Å². The Morgan fingerprint density at radius 2 is 0.817 bits per heavy atom. The zero-order valence-corrected chi connectivity index (χ0v) is 33.5. The standard InChI is InChI=1S/C59H39N/c1-59(2)52-35-39-32-37(29-28-36(39)33-51(52)57-44-21-8-6-18-41(44)42-19-7-13-26-49(42)58(57)59)55-45-22-9-11-24-47(45)56(48-25-12-10-23-46(48)55)38-30-31-54-50(34-38)43-20-14-15-27-53(43)60(54)40-16-4-3-5-17-40/h3-35H,1-2H3. The van der Waals surface area contributed by atoms with E-state index in [0.29, 0.717) is 0 Å². The Balaban J connectivity index is 1.03. The second-order valence-corrected chi connectivity index (χ2v) is 17.2. The first-order valence-electron chi connectivity index (χ1n) is 21.1. The van der Waals surface area contributed by atoms with Crippen LogP contribution in [0.5, 0.6) is 0 Å². The van der Waals surface area contributed by atoms with Gasteiger partial charge in [0.1, 0.15) is 0 Å². The molecule has 0 bridgehead atoms. The third kappa shape index (κ3) is 4.52. The van der Waals surface area contributed by atoms with Crippen LogP contribution >= 0.6 is 0 Å². The van der Waals surface area contributed by atoms with Crippen LogP contribution in [0.15, 0.2) is 200 Å². The molecule has 1 aliphatic rings. The molecule has 12 aromatic rings. The van der Waals surface area contributed by atoms with E-state index in [-0.39, 0.29) is 5.41 Å². The molecule has 13 rings (SSSR count). The first-order chi connectivity index (χ1) is 29.5. The Morgan fingerprint density at radius 3 is 1.47 bits per heavy atom. The molecule has 1 heteroatoms. The normalized spacial score (nSPS) is 13.3. The highest BCUT2D eigenvalue weighted by Crippen LogP contribution is 2.56. The minimum atomic E-state index is -0.159. The number of rotatable bonds is 3. The van der Waals surface area contributed by atoms with Gasteiger partial charge >= 0.3 is 0 Å². The summed E-state index contributed by atoms with van der Waals surface area (Å²) in [5.41, 5.74) is 14.1. The third-order valence-electron chi connectivity index (χ3n) is 13.7. The number of hydrogen-bond donors (Lipinski definition) is 0. The zero-order valence-electron chi connectivity index (χ0n) is 33.5. The van der Waals surface area contributed by atoms with E-state index < -0.39 is 0 Å². The van der Waals surface area contributed by atoms with Crippen molar-refractivity contribution >= 4 is 75.7 Å². The van der Waals surface area contributed by atoms with Crippen LogP contribution in [0.4, 0.5) is 0 Å². The molecule has 0 spiro atoms. The smallest absolute Gasteiger partial charge is 0.0541 e. The number of nitrogens with zero attached hydrogens (tertiary/aromatic N) is 1. The minimum Gasteiger partial charge on any atom is -0.309 e. The number of hydrogen-bond acceptors (Lipinski definition) is 0. The van der Waals surface area contributed by atoms with Crippen molar-refractivity contribution in [2.75, 3.05) is 0 Å². The van der Waals surface area contributed by atoms with Gasteiger partial charge in [0.05, 0.1) is 11.0 Å². The van der Waals surface area contributed by atoms with Crippen LogP contribution in [-0.2, 0) is 5.41 Å². The zero-order chi connectivity index (χ0) is 39.7. The second-order valence-electron chi connectivity index (χ2n) is 17.2. The molecule has 0 radical (unpaired) electrons. The Labute approximate surface area is 348 Å². The number of para-hydroxylation sites is 2. The molecule has 0 fully saturated rings. The van der Waals surface area contributed by atoms with E-state index >= 15 is 0 Å². The summed E-state index contributed by atoms with van der Waals surface area (Å²) >= 11 is 0. The van der Waals surface area contributed by atoms with Gasteiger partial charge in [0.25, 0.3) is 0 Å². The van der Waals surface area contributed by atoms with Gasteiger partial charge in [0.15, 0.2) is 0 Å². The summed E-state index contributed by atoms with van der Waals surface area (Å²) in [4.78, 5) is 0. The van der Waals surface area contributed by atoms with E-state index in [1.165, 1.54) is 126 Å². The lowest BCUT2D eigenvalue weighted by atomic mass is 9.79. The molecule has 1 heterocycles. The van der Waals surface area contributed by atoms with E-state index in [0.717, 1.165) is 0 Å². The van der Waals surface area contributed by atoms with E-state index in [1.807, 2.05) is 0 Å². The van der Waals surface area contributed by atoms with Crippen molar-refractivity contribution in [1.82, 2.24) is 4.57 Å². The lowest BCUT2D eigenvalue weighted by Crippen LogP contribution is -2.15. The maximum Gasteiger partial charge on any atom is 0.0541 e. The van der Waals surface area contributed by atoms with Gasteiger partial charge in [-0.05, 0) is 147 Å². The maximum absolute atomic E-state index is 2.50. The maximum atomic E-state index is 2.50. The van der Waals surface area contributed by atoms with Crippen molar-refractivity contribution in [1.29, 1.82) is 0 Å². The molecule has 0 N–H and O–H groups in total. The first kappa shape index (κ1) is 33.5. The average molecular weight is 762 g/mol. The number of fused-ring (bicyclic) bond motifs is 14. The fourth-order valence-corrected chi connectivity index (χ4v) is 11.1. The van der Waals surface area contributed by atoms with Crippen molar-refractivity contribution in [3.8, 4) is 39.1 Å². The fourth-order valence-electron chi connectivity index (χ4n) is 11.1. The van der Waals surface area contributed by atoms with Gasteiger partial charge in [0.2, 0.25) is 0 Å². The quantitative estimate of drug-likeness (QED) is 0.125. The highest BCUT2D eigenvalue weighted by molar-refractivity contribution is 6.23. The molecule has 0 atom stereocenters. The summed E-state index contributed by atoms with van der Waals surface area (Å²) in [5, 5.41) is 15.5. The van der Waals surface area contributed by atoms with Gasteiger partial charge in [-0.2, -0.15) is 0 Å². The predicted octanol–water partition coefficient (Wildman–Crippen LogP) is 16.2. The molecule has 1 nitrogen and oxygen atoms in total. The molecule has 11 aromatic carbocycles. The Kier molecular flexibility index (Phi) is 6.85.